The molecule has 2 atom stereocenters. The first-order valence-electron chi connectivity index (χ1n) is 13.7. The fourth-order valence-corrected chi connectivity index (χ4v) is 3.99. The van der Waals surface area contributed by atoms with Crippen LogP contribution in [0, 0.1) is 0 Å². The number of carbonyl (C=O) groups excluding carboxylic acids is 3. The molecular weight excluding hydrogens is 496 g/mol. The molecule has 2 aromatic carbocycles. The van der Waals surface area contributed by atoms with Crippen LogP contribution in [0.25, 0.3) is 0 Å². The van der Waals surface area contributed by atoms with Crippen LogP contribution < -0.4 is 32.6 Å². The zero-order valence-corrected chi connectivity index (χ0v) is 22.9. The number of carbonyl (C=O) groups is 3. The van der Waals surface area contributed by atoms with E-state index in [4.69, 9.17) is 21.9 Å². The Morgan fingerprint density at radius 3 is 2.21 bits per heavy atom. The summed E-state index contributed by atoms with van der Waals surface area (Å²) in [6.07, 6.45) is 3.94. The van der Waals surface area contributed by atoms with Gasteiger partial charge in [-0.05, 0) is 49.1 Å². The number of benzene rings is 2. The summed E-state index contributed by atoms with van der Waals surface area (Å²) in [7, 11) is 0. The average molecular weight is 541 g/mol. The third kappa shape index (κ3) is 11.8. The van der Waals surface area contributed by atoms with E-state index in [-0.39, 0.29) is 31.3 Å². The Bertz CT molecular complexity index is 997. The van der Waals surface area contributed by atoms with Crippen molar-refractivity contribution in [2.24, 2.45) is 17.2 Å². The normalized spacial score (nSPS) is 12.3. The molecule has 0 aliphatic carbocycles. The van der Waals surface area contributed by atoms with Crippen molar-refractivity contribution >= 4 is 23.4 Å². The van der Waals surface area contributed by atoms with Gasteiger partial charge in [-0.25, -0.2) is 0 Å². The molecular formula is C29H44N6O4. The van der Waals surface area contributed by atoms with Crippen molar-refractivity contribution in [1.29, 1.82) is 0 Å². The van der Waals surface area contributed by atoms with Crippen LogP contribution in [-0.2, 0) is 20.8 Å². The predicted octanol–water partition coefficient (Wildman–Crippen LogP) is 1.78. The second-order valence-corrected chi connectivity index (χ2v) is 9.42. The summed E-state index contributed by atoms with van der Waals surface area (Å²) in [6, 6.07) is 14.8. The van der Waals surface area contributed by atoms with E-state index in [9.17, 15) is 14.4 Å². The molecule has 0 heterocycles. The van der Waals surface area contributed by atoms with Crippen molar-refractivity contribution in [3.8, 4) is 5.75 Å². The first-order chi connectivity index (χ1) is 18.9. The second kappa shape index (κ2) is 17.9. The number of nitrogens with zero attached hydrogens (tertiary/aromatic N) is 1. The van der Waals surface area contributed by atoms with Gasteiger partial charge >= 0.3 is 0 Å². The van der Waals surface area contributed by atoms with Gasteiger partial charge in [0.25, 0.3) is 0 Å². The lowest BCUT2D eigenvalue weighted by Crippen LogP contribution is -2.52. The highest BCUT2D eigenvalue weighted by atomic mass is 16.5. The van der Waals surface area contributed by atoms with Gasteiger partial charge in [0.2, 0.25) is 17.7 Å². The smallest absolute Gasteiger partial charge is 0.246 e. The number of ether oxygens (including phenoxy) is 1. The minimum Gasteiger partial charge on any atom is -0.494 e. The highest BCUT2D eigenvalue weighted by Gasteiger charge is 2.26. The Balaban J connectivity index is 2.03. The van der Waals surface area contributed by atoms with Gasteiger partial charge in [0.15, 0.2) is 0 Å². The molecule has 0 bridgehead atoms. The van der Waals surface area contributed by atoms with Gasteiger partial charge in [-0.3, -0.25) is 14.4 Å². The maximum absolute atomic E-state index is 13.2. The molecule has 0 aromatic heterocycles. The van der Waals surface area contributed by atoms with Crippen molar-refractivity contribution < 1.29 is 19.1 Å². The van der Waals surface area contributed by atoms with E-state index in [2.05, 4.69) is 17.6 Å². The zero-order valence-electron chi connectivity index (χ0n) is 22.9. The molecule has 0 saturated carbocycles. The Labute approximate surface area is 231 Å². The van der Waals surface area contributed by atoms with Crippen molar-refractivity contribution in [3.63, 3.8) is 0 Å². The molecule has 10 nitrogen and oxygen atoms in total. The molecule has 0 fully saturated rings. The number of nitrogens with one attached hydrogen (secondary N) is 2. The Morgan fingerprint density at radius 1 is 0.923 bits per heavy atom. The van der Waals surface area contributed by atoms with Crippen LogP contribution in [-0.4, -0.2) is 67.5 Å². The Hall–Kier alpha value is -3.47. The molecule has 10 heteroatoms. The van der Waals surface area contributed by atoms with Crippen LogP contribution in [0.15, 0.2) is 54.6 Å². The minimum atomic E-state index is -1.12. The first-order valence-corrected chi connectivity index (χ1v) is 13.7. The third-order valence-electron chi connectivity index (χ3n) is 6.22. The van der Waals surface area contributed by atoms with Crippen molar-refractivity contribution in [1.82, 2.24) is 10.2 Å². The van der Waals surface area contributed by atoms with Gasteiger partial charge < -0.3 is 37.5 Å². The van der Waals surface area contributed by atoms with Gasteiger partial charge in [0.05, 0.1) is 19.1 Å². The molecule has 3 amide bonds. The van der Waals surface area contributed by atoms with Crippen LogP contribution >= 0.6 is 0 Å². The third-order valence-corrected chi connectivity index (χ3v) is 6.22. The van der Waals surface area contributed by atoms with E-state index in [0.29, 0.717) is 38.2 Å². The summed E-state index contributed by atoms with van der Waals surface area (Å²) in [5.74, 6) is -0.530. The molecule has 8 N–H and O–H groups in total. The predicted molar refractivity (Wildman–Crippen MR) is 154 cm³/mol. The maximum Gasteiger partial charge on any atom is 0.246 e. The summed E-state index contributed by atoms with van der Waals surface area (Å²) in [5.41, 5.74) is 18.8. The van der Waals surface area contributed by atoms with Crippen LogP contribution in [0.3, 0.4) is 0 Å². The Morgan fingerprint density at radius 2 is 1.59 bits per heavy atom. The molecule has 0 aliphatic rings. The molecule has 39 heavy (non-hydrogen) atoms. The van der Waals surface area contributed by atoms with E-state index in [0.717, 1.165) is 30.6 Å². The fraction of sp³-hybridized carbons (Fsp3) is 0.483. The van der Waals surface area contributed by atoms with E-state index in [1.54, 1.807) is 24.3 Å². The van der Waals surface area contributed by atoms with Gasteiger partial charge in [0, 0.05) is 31.9 Å². The van der Waals surface area contributed by atoms with Crippen LogP contribution in [0.2, 0.25) is 0 Å². The monoisotopic (exact) mass is 540 g/mol. The topological polar surface area (TPSA) is 166 Å². The first kappa shape index (κ1) is 31.7. The molecule has 2 rings (SSSR count). The summed E-state index contributed by atoms with van der Waals surface area (Å²) in [6.45, 7) is 4.00. The van der Waals surface area contributed by atoms with Gasteiger partial charge in [-0.15, -0.1) is 0 Å². The van der Waals surface area contributed by atoms with Crippen molar-refractivity contribution in [2.45, 2.75) is 57.5 Å². The molecule has 0 aliphatic heterocycles. The number of hydrogen-bond donors (Lipinski definition) is 5. The number of anilines is 1. The largest absolute Gasteiger partial charge is 0.494 e. The van der Waals surface area contributed by atoms with Gasteiger partial charge in [0.1, 0.15) is 11.8 Å². The summed E-state index contributed by atoms with van der Waals surface area (Å²) < 4.78 is 5.73. The lowest BCUT2D eigenvalue weighted by Gasteiger charge is -2.24. The number of rotatable bonds is 18. The number of amides is 3. The summed E-state index contributed by atoms with van der Waals surface area (Å²) in [4.78, 5) is 40.2. The van der Waals surface area contributed by atoms with Gasteiger partial charge in [-0.2, -0.15) is 0 Å². The lowest BCUT2D eigenvalue weighted by atomic mass is 10.0. The number of unbranched alkanes of at least 4 members (excludes halogenated alkanes) is 2. The van der Waals surface area contributed by atoms with E-state index in [1.165, 1.54) is 4.90 Å². The standard InChI is InChI=1S/C29H44N6O4/c1-2-3-7-20-39-24-13-11-23(12-14-24)33-29(38)26(15-10-22-8-5-4-6-9-22)34-28(37)25(32)21-27(36)35(18-16-30)19-17-31/h4-6,8-9,11-14,25-26H,2-3,7,10,15-21,30-32H2,1H3,(H,33,38)(H,34,37)/t25-,26-/m0/s1. The molecule has 2 aromatic rings. The SMILES string of the molecule is CCCCCOc1ccc(NC(=O)[C@H](CCc2ccccc2)NC(=O)[C@@H](N)CC(=O)N(CCN)CCN)cc1. The maximum atomic E-state index is 13.2. The quantitative estimate of drug-likeness (QED) is 0.180. The van der Waals surface area contributed by atoms with E-state index >= 15 is 0 Å². The van der Waals surface area contributed by atoms with Crippen molar-refractivity contribution in [2.75, 3.05) is 38.1 Å². The molecule has 0 unspecified atom stereocenters. The highest BCUT2D eigenvalue weighted by Crippen LogP contribution is 2.17. The number of hydrogen-bond acceptors (Lipinski definition) is 7. The molecule has 0 saturated heterocycles. The van der Waals surface area contributed by atoms with E-state index in [1.807, 2.05) is 30.3 Å². The fourth-order valence-electron chi connectivity index (χ4n) is 3.99. The minimum absolute atomic E-state index is 0.210. The number of aryl methyl sites for hydroxylation is 1. The second-order valence-electron chi connectivity index (χ2n) is 9.42. The zero-order chi connectivity index (χ0) is 28.5. The molecule has 214 valence electrons. The van der Waals surface area contributed by atoms with Gasteiger partial charge in [-0.1, -0.05) is 50.1 Å². The molecule has 0 radical (unpaired) electrons. The van der Waals surface area contributed by atoms with Crippen LogP contribution in [0.4, 0.5) is 5.69 Å². The van der Waals surface area contributed by atoms with Crippen molar-refractivity contribution in [3.05, 3.63) is 60.2 Å². The van der Waals surface area contributed by atoms with Crippen LogP contribution in [0.5, 0.6) is 5.75 Å². The lowest BCUT2D eigenvalue weighted by molar-refractivity contribution is -0.134. The Kier molecular flexibility index (Phi) is 14.6. The molecule has 0 spiro atoms. The summed E-state index contributed by atoms with van der Waals surface area (Å²) >= 11 is 0. The highest BCUT2D eigenvalue weighted by molar-refractivity contribution is 5.98. The summed E-state index contributed by atoms with van der Waals surface area (Å²) in [5, 5.41) is 5.61. The number of nitrogens with two attached hydrogens (primary N) is 3. The average Bonchev–Trinajstić information content (AvgIpc) is 2.94. The van der Waals surface area contributed by atoms with Crippen LogP contribution in [0.1, 0.15) is 44.6 Å². The van der Waals surface area contributed by atoms with E-state index < -0.39 is 18.0 Å².